The number of rotatable bonds is 3. The molecule has 0 aromatic carbocycles. The summed E-state index contributed by atoms with van der Waals surface area (Å²) in [5.41, 5.74) is 1.18. The number of hydrogen-bond acceptors (Lipinski definition) is 4. The summed E-state index contributed by atoms with van der Waals surface area (Å²) >= 11 is 3.45. The van der Waals surface area contributed by atoms with Crippen molar-refractivity contribution in [1.82, 2.24) is 9.79 Å². The monoisotopic (exact) mass is 311 g/mol. The van der Waals surface area contributed by atoms with Gasteiger partial charge < -0.3 is 15.2 Å². The van der Waals surface area contributed by atoms with Crippen LogP contribution in [-0.4, -0.2) is 41.0 Å². The number of halogens is 1. The minimum absolute atomic E-state index is 0.362. The number of aryl methyl sites for hydroxylation is 1. The molecule has 2 rings (SSSR count). The van der Waals surface area contributed by atoms with Gasteiger partial charge in [0, 0.05) is 23.3 Å². The lowest BCUT2D eigenvalue weighted by atomic mass is 9.82. The predicted octanol–water partition coefficient (Wildman–Crippen LogP) is 2.14. The summed E-state index contributed by atoms with van der Waals surface area (Å²) in [5.74, 6) is 0.910. The minimum atomic E-state index is -0.366. The molecular weight excluding hydrogens is 293 g/mol. The lowest BCUT2D eigenvalue weighted by molar-refractivity contribution is 0.295. The summed E-state index contributed by atoms with van der Waals surface area (Å²) in [5, 5.41) is 13.1. The van der Waals surface area contributed by atoms with E-state index in [1.165, 1.54) is 5.56 Å². The number of nitrogens with zero attached hydrogens (tertiary/aromatic N) is 2. The Morgan fingerprint density at radius 2 is 2.39 bits per heavy atom. The van der Waals surface area contributed by atoms with E-state index in [9.17, 15) is 5.02 Å². The fourth-order valence-electron chi connectivity index (χ4n) is 2.29. The summed E-state index contributed by atoms with van der Waals surface area (Å²) in [4.78, 5) is 6.45. The molecule has 0 radical (unpaired) electrons. The SMILES string of the molecule is CB(O)N1CCC[C@@H](Nc2cc(C)c(Br)cn2)C1. The highest BCUT2D eigenvalue weighted by Gasteiger charge is 2.24. The Morgan fingerprint density at radius 1 is 1.61 bits per heavy atom. The molecule has 0 unspecified atom stereocenters. The van der Waals surface area contributed by atoms with Gasteiger partial charge in [-0.2, -0.15) is 0 Å². The Morgan fingerprint density at radius 3 is 3.06 bits per heavy atom. The van der Waals surface area contributed by atoms with Crippen molar-refractivity contribution in [3.63, 3.8) is 0 Å². The van der Waals surface area contributed by atoms with Crippen LogP contribution in [0.15, 0.2) is 16.7 Å². The molecule has 1 aromatic rings. The lowest BCUT2D eigenvalue weighted by Gasteiger charge is -2.34. The van der Waals surface area contributed by atoms with Gasteiger partial charge in [-0.25, -0.2) is 4.98 Å². The molecule has 1 aliphatic heterocycles. The molecule has 1 aliphatic rings. The molecule has 0 saturated carbocycles. The van der Waals surface area contributed by atoms with E-state index < -0.39 is 0 Å². The number of nitrogens with one attached hydrogen (secondary N) is 1. The zero-order chi connectivity index (χ0) is 13.1. The maximum atomic E-state index is 9.62. The summed E-state index contributed by atoms with van der Waals surface area (Å²) in [6.45, 7) is 5.72. The predicted molar refractivity (Wildman–Crippen MR) is 78.7 cm³/mol. The lowest BCUT2D eigenvalue weighted by Crippen LogP contribution is -2.48. The molecule has 18 heavy (non-hydrogen) atoms. The Kier molecular flexibility index (Phi) is 4.64. The highest BCUT2D eigenvalue weighted by molar-refractivity contribution is 9.10. The van der Waals surface area contributed by atoms with Crippen molar-refractivity contribution in [3.05, 3.63) is 22.3 Å². The third kappa shape index (κ3) is 3.46. The summed E-state index contributed by atoms with van der Waals surface area (Å²) in [7, 11) is -0.366. The van der Waals surface area contributed by atoms with Crippen LogP contribution in [0.1, 0.15) is 18.4 Å². The molecule has 0 bridgehead atoms. The second-order valence-corrected chi connectivity index (χ2v) is 5.78. The normalized spacial score (nSPS) is 20.8. The van der Waals surface area contributed by atoms with Gasteiger partial charge in [0.2, 0.25) is 0 Å². The number of aromatic nitrogens is 1. The van der Waals surface area contributed by atoms with Crippen LogP contribution in [0.25, 0.3) is 0 Å². The fourth-order valence-corrected chi connectivity index (χ4v) is 2.51. The van der Waals surface area contributed by atoms with E-state index >= 15 is 0 Å². The molecule has 1 aromatic heterocycles. The molecule has 2 N–H and O–H groups in total. The van der Waals surface area contributed by atoms with Crippen LogP contribution in [0.4, 0.5) is 5.82 Å². The summed E-state index contributed by atoms with van der Waals surface area (Å²) in [6, 6.07) is 2.41. The van der Waals surface area contributed by atoms with Gasteiger partial charge in [-0.15, -0.1) is 0 Å². The Hall–Kier alpha value is -0.585. The van der Waals surface area contributed by atoms with Gasteiger partial charge in [0.25, 0.3) is 0 Å². The first-order valence-corrected chi connectivity index (χ1v) is 7.16. The zero-order valence-corrected chi connectivity index (χ0v) is 12.4. The van der Waals surface area contributed by atoms with Crippen molar-refractivity contribution in [3.8, 4) is 0 Å². The molecule has 1 fully saturated rings. The van der Waals surface area contributed by atoms with Crippen molar-refractivity contribution in [2.75, 3.05) is 18.4 Å². The van der Waals surface area contributed by atoms with Crippen LogP contribution in [0.2, 0.25) is 6.82 Å². The molecule has 4 nitrogen and oxygen atoms in total. The van der Waals surface area contributed by atoms with E-state index in [2.05, 4.69) is 38.0 Å². The molecule has 0 aliphatic carbocycles. The van der Waals surface area contributed by atoms with Gasteiger partial charge in [-0.3, -0.25) is 0 Å². The number of anilines is 1. The summed E-state index contributed by atoms with van der Waals surface area (Å²) in [6.07, 6.45) is 4.06. The van der Waals surface area contributed by atoms with Crippen molar-refractivity contribution < 1.29 is 5.02 Å². The smallest absolute Gasteiger partial charge is 0.376 e. The quantitative estimate of drug-likeness (QED) is 0.840. The maximum absolute atomic E-state index is 9.62. The average Bonchev–Trinajstić information content (AvgIpc) is 2.34. The van der Waals surface area contributed by atoms with Gasteiger partial charge in [0.15, 0.2) is 0 Å². The van der Waals surface area contributed by atoms with E-state index in [0.717, 1.165) is 36.2 Å². The van der Waals surface area contributed by atoms with Crippen LogP contribution in [0, 0.1) is 6.92 Å². The van der Waals surface area contributed by atoms with Crippen LogP contribution in [0.5, 0.6) is 0 Å². The molecule has 0 amide bonds. The topological polar surface area (TPSA) is 48.4 Å². The van der Waals surface area contributed by atoms with Crippen molar-refractivity contribution in [2.24, 2.45) is 0 Å². The standard InChI is InChI=1S/C12H19BBrN3O/c1-9-6-12(15-7-11(9)14)16-10-4-3-5-17(8-10)13(2)18/h6-7,10,18H,3-5,8H2,1-2H3,(H,15,16)/t10-/m1/s1. The third-order valence-corrected chi connectivity index (χ3v) is 4.21. The van der Waals surface area contributed by atoms with Crippen LogP contribution in [0.3, 0.4) is 0 Å². The molecule has 1 saturated heterocycles. The van der Waals surface area contributed by atoms with Gasteiger partial charge in [-0.1, -0.05) is 0 Å². The van der Waals surface area contributed by atoms with Gasteiger partial charge in [0.05, 0.1) is 0 Å². The first-order valence-electron chi connectivity index (χ1n) is 6.37. The molecule has 98 valence electrons. The Labute approximate surface area is 117 Å². The average molecular weight is 312 g/mol. The van der Waals surface area contributed by atoms with E-state index in [0.29, 0.717) is 6.04 Å². The maximum Gasteiger partial charge on any atom is 0.376 e. The Bertz CT molecular complexity index is 416. The van der Waals surface area contributed by atoms with E-state index in [1.807, 2.05) is 19.1 Å². The first-order chi connectivity index (χ1) is 8.56. The number of hydrogen-bond donors (Lipinski definition) is 2. The zero-order valence-electron chi connectivity index (χ0n) is 10.9. The van der Waals surface area contributed by atoms with E-state index in [-0.39, 0.29) is 7.05 Å². The number of piperidine rings is 1. The summed E-state index contributed by atoms with van der Waals surface area (Å²) < 4.78 is 1.03. The van der Waals surface area contributed by atoms with Gasteiger partial charge in [0.1, 0.15) is 5.82 Å². The Balaban J connectivity index is 1.98. The van der Waals surface area contributed by atoms with Crippen molar-refractivity contribution in [2.45, 2.75) is 32.6 Å². The highest BCUT2D eigenvalue weighted by Crippen LogP contribution is 2.20. The molecule has 6 heteroatoms. The number of pyridine rings is 1. The fraction of sp³-hybridized carbons (Fsp3) is 0.583. The molecular formula is C12H19BBrN3O. The van der Waals surface area contributed by atoms with Gasteiger partial charge >= 0.3 is 7.05 Å². The second-order valence-electron chi connectivity index (χ2n) is 4.93. The van der Waals surface area contributed by atoms with E-state index in [4.69, 9.17) is 0 Å². The van der Waals surface area contributed by atoms with Crippen LogP contribution >= 0.6 is 15.9 Å². The second kappa shape index (κ2) is 6.04. The largest absolute Gasteiger partial charge is 0.437 e. The van der Waals surface area contributed by atoms with Crippen molar-refractivity contribution >= 4 is 28.8 Å². The minimum Gasteiger partial charge on any atom is -0.437 e. The first kappa shape index (κ1) is 13.8. The molecule has 0 spiro atoms. The molecule has 1 atom stereocenters. The van der Waals surface area contributed by atoms with Gasteiger partial charge in [-0.05, 0) is 60.7 Å². The third-order valence-electron chi connectivity index (χ3n) is 3.38. The van der Waals surface area contributed by atoms with Crippen LogP contribution < -0.4 is 5.32 Å². The van der Waals surface area contributed by atoms with Crippen LogP contribution in [-0.2, 0) is 0 Å². The van der Waals surface area contributed by atoms with Crippen molar-refractivity contribution in [1.29, 1.82) is 0 Å². The molecule has 2 heterocycles. The van der Waals surface area contributed by atoms with E-state index in [1.54, 1.807) is 0 Å². The highest BCUT2D eigenvalue weighted by atomic mass is 79.9.